The number of halogens is 3. The van der Waals surface area contributed by atoms with Gasteiger partial charge in [0.1, 0.15) is 11.5 Å². The molecule has 176 valence electrons. The molecule has 0 aliphatic heterocycles. The Balaban J connectivity index is 1.71. The number of nitrogens with zero attached hydrogens (tertiary/aromatic N) is 4. The molecule has 2 heterocycles. The van der Waals surface area contributed by atoms with Gasteiger partial charge in [0, 0.05) is 36.3 Å². The lowest BCUT2D eigenvalue weighted by Crippen LogP contribution is -2.39. The number of hydrogen-bond acceptors (Lipinski definition) is 3. The number of fused-ring (bicyclic) bond motifs is 1. The number of rotatable bonds is 8. The quantitative estimate of drug-likeness (QED) is 0.424. The van der Waals surface area contributed by atoms with Gasteiger partial charge in [-0.1, -0.05) is 26.8 Å². The molecule has 0 spiro atoms. The van der Waals surface area contributed by atoms with Crippen molar-refractivity contribution in [3.63, 3.8) is 0 Å². The molecule has 0 saturated heterocycles. The van der Waals surface area contributed by atoms with E-state index >= 15 is 0 Å². The monoisotopic (exact) mass is 458 g/mol. The van der Waals surface area contributed by atoms with Crippen LogP contribution in [0.25, 0.3) is 16.9 Å². The maximum Gasteiger partial charge on any atom is 0.272 e. The van der Waals surface area contributed by atoms with Crippen molar-refractivity contribution in [1.29, 1.82) is 0 Å². The summed E-state index contributed by atoms with van der Waals surface area (Å²) in [6, 6.07) is 7.66. The number of benzene rings is 1. The fourth-order valence-electron chi connectivity index (χ4n) is 4.19. The molecule has 1 fully saturated rings. The molecule has 1 aromatic carbocycles. The molecule has 2 atom stereocenters. The summed E-state index contributed by atoms with van der Waals surface area (Å²) in [6.45, 7) is 8.69. The molecule has 1 aliphatic carbocycles. The van der Waals surface area contributed by atoms with Crippen molar-refractivity contribution in [2.75, 3.05) is 6.54 Å². The van der Waals surface area contributed by atoms with Crippen molar-refractivity contribution >= 4 is 11.6 Å². The Bertz CT molecular complexity index is 1190. The summed E-state index contributed by atoms with van der Waals surface area (Å²) >= 11 is 0. The van der Waals surface area contributed by atoms with Crippen LogP contribution in [0.15, 0.2) is 30.3 Å². The average molecular weight is 459 g/mol. The molecule has 4 rings (SSSR count). The minimum Gasteiger partial charge on any atom is -0.335 e. The van der Waals surface area contributed by atoms with Crippen molar-refractivity contribution < 1.29 is 18.0 Å². The van der Waals surface area contributed by atoms with Crippen LogP contribution in [0, 0.1) is 5.82 Å². The third kappa shape index (κ3) is 4.35. The van der Waals surface area contributed by atoms with E-state index < -0.39 is 17.7 Å². The van der Waals surface area contributed by atoms with Gasteiger partial charge >= 0.3 is 0 Å². The summed E-state index contributed by atoms with van der Waals surface area (Å²) in [5.41, 5.74) is 2.43. The van der Waals surface area contributed by atoms with Crippen molar-refractivity contribution in [2.24, 2.45) is 0 Å². The van der Waals surface area contributed by atoms with Gasteiger partial charge in [0.25, 0.3) is 11.8 Å². The highest BCUT2D eigenvalue weighted by molar-refractivity contribution is 5.93. The normalized spacial score (nSPS) is 17.8. The number of carbonyl (C=O) groups excluding carboxylic acids is 1. The molecule has 0 unspecified atom stereocenters. The average Bonchev–Trinajstić information content (AvgIpc) is 3.23. The molecular weight excluding hydrogens is 429 g/mol. The summed E-state index contributed by atoms with van der Waals surface area (Å²) in [6.07, 6.45) is 2.05. The highest BCUT2D eigenvalue weighted by Crippen LogP contribution is 2.55. The topological polar surface area (TPSA) is 50.5 Å². The summed E-state index contributed by atoms with van der Waals surface area (Å²) < 4.78 is 43.2. The van der Waals surface area contributed by atoms with Gasteiger partial charge in [-0.05, 0) is 49.9 Å². The Morgan fingerprint density at radius 2 is 1.97 bits per heavy atom. The van der Waals surface area contributed by atoms with E-state index in [2.05, 4.69) is 10.1 Å². The van der Waals surface area contributed by atoms with E-state index in [4.69, 9.17) is 0 Å². The first-order valence-corrected chi connectivity index (χ1v) is 11.6. The van der Waals surface area contributed by atoms with E-state index in [-0.39, 0.29) is 23.9 Å². The van der Waals surface area contributed by atoms with Crippen LogP contribution in [-0.2, 0) is 6.42 Å². The van der Waals surface area contributed by atoms with Gasteiger partial charge in [0.2, 0.25) is 0 Å². The summed E-state index contributed by atoms with van der Waals surface area (Å²) in [7, 11) is 0. The first-order valence-electron chi connectivity index (χ1n) is 11.6. The number of carbonyl (C=O) groups is 1. The fourth-order valence-corrected chi connectivity index (χ4v) is 4.19. The van der Waals surface area contributed by atoms with Gasteiger partial charge in [-0.15, -0.1) is 0 Å². The van der Waals surface area contributed by atoms with Crippen LogP contribution < -0.4 is 0 Å². The van der Waals surface area contributed by atoms with Gasteiger partial charge in [0.05, 0.1) is 11.6 Å². The second-order valence-corrected chi connectivity index (χ2v) is 8.80. The largest absolute Gasteiger partial charge is 0.335 e. The van der Waals surface area contributed by atoms with E-state index in [9.17, 15) is 18.0 Å². The smallest absolute Gasteiger partial charge is 0.272 e. The Morgan fingerprint density at radius 1 is 1.24 bits per heavy atom. The van der Waals surface area contributed by atoms with Gasteiger partial charge in [-0.25, -0.2) is 22.7 Å². The molecule has 1 saturated carbocycles. The minimum atomic E-state index is -2.75. The van der Waals surface area contributed by atoms with Crippen LogP contribution in [0.2, 0.25) is 0 Å². The molecular formula is C25H29F3N4O. The van der Waals surface area contributed by atoms with E-state index in [1.54, 1.807) is 16.6 Å². The van der Waals surface area contributed by atoms with Crippen LogP contribution in [-0.4, -0.2) is 43.9 Å². The highest BCUT2D eigenvalue weighted by atomic mass is 19.3. The first-order chi connectivity index (χ1) is 15.7. The third-order valence-electron chi connectivity index (χ3n) is 6.43. The zero-order valence-corrected chi connectivity index (χ0v) is 19.4. The van der Waals surface area contributed by atoms with Gasteiger partial charge in [-0.2, -0.15) is 5.10 Å². The molecule has 5 nitrogen and oxygen atoms in total. The van der Waals surface area contributed by atoms with Crippen molar-refractivity contribution in [1.82, 2.24) is 19.5 Å². The van der Waals surface area contributed by atoms with E-state index in [0.29, 0.717) is 35.6 Å². The lowest BCUT2D eigenvalue weighted by atomic mass is 10.1. The zero-order valence-electron chi connectivity index (χ0n) is 19.4. The lowest BCUT2D eigenvalue weighted by molar-refractivity contribution is 0.0682. The van der Waals surface area contributed by atoms with Crippen molar-refractivity contribution in [3.05, 3.63) is 53.1 Å². The molecule has 1 aliphatic rings. The molecule has 3 aromatic rings. The fraction of sp³-hybridized carbons (Fsp3) is 0.480. The lowest BCUT2D eigenvalue weighted by Gasteiger charge is -2.28. The molecule has 8 heteroatoms. The molecule has 0 N–H and O–H groups in total. The highest BCUT2D eigenvalue weighted by Gasteiger charge is 2.57. The van der Waals surface area contributed by atoms with E-state index in [1.165, 1.54) is 18.2 Å². The Kier molecular flexibility index (Phi) is 6.20. The molecule has 0 bridgehead atoms. The molecule has 33 heavy (non-hydrogen) atoms. The van der Waals surface area contributed by atoms with Gasteiger partial charge < -0.3 is 4.90 Å². The van der Waals surface area contributed by atoms with E-state index in [1.807, 2.05) is 32.6 Å². The van der Waals surface area contributed by atoms with Crippen molar-refractivity contribution in [2.45, 2.75) is 71.3 Å². The number of alkyl halides is 2. The Labute approximate surface area is 191 Å². The minimum absolute atomic E-state index is 0.0903. The number of aryl methyl sites for hydroxylation is 1. The first kappa shape index (κ1) is 23.3. The van der Waals surface area contributed by atoms with Crippen LogP contribution in [0.3, 0.4) is 0 Å². The molecule has 2 aromatic heterocycles. The number of aromatic nitrogens is 3. The maximum absolute atomic E-state index is 14.8. The Morgan fingerprint density at radius 3 is 2.55 bits per heavy atom. The summed E-state index contributed by atoms with van der Waals surface area (Å²) in [5, 5.41) is 4.51. The maximum atomic E-state index is 14.8. The molecule has 0 radical (unpaired) electrons. The van der Waals surface area contributed by atoms with Crippen LogP contribution in [0.5, 0.6) is 0 Å². The van der Waals surface area contributed by atoms with Crippen molar-refractivity contribution in [3.8, 4) is 11.3 Å². The number of amides is 1. The predicted molar refractivity (Wildman–Crippen MR) is 121 cm³/mol. The summed E-state index contributed by atoms with van der Waals surface area (Å²) in [4.78, 5) is 19.6. The third-order valence-corrected chi connectivity index (χ3v) is 6.43. The van der Waals surface area contributed by atoms with Gasteiger partial charge in [0.15, 0.2) is 5.65 Å². The Hall–Kier alpha value is -2.90. The van der Waals surface area contributed by atoms with Crippen LogP contribution in [0.1, 0.15) is 74.6 Å². The SMILES string of the molecule is CCCN(C(=O)c1cc(CC)n2nc(-c3ccc([C@@H]4CC4(F)F)cc3F)cc2n1)[C@H](C)CC. The second-order valence-electron chi connectivity index (χ2n) is 8.80. The zero-order chi connectivity index (χ0) is 23.9. The second kappa shape index (κ2) is 8.80. The standard InChI is InChI=1S/C25H29F3N4O/c1-5-10-31(15(4)6-2)24(33)22-12-17(7-3)32-23(29-22)13-21(30-32)18-9-8-16(11-20(18)26)19-14-25(19,27)28/h8-9,11-13,15,19H,5-7,10,14H2,1-4H3/t15-,19+/m1/s1. The summed E-state index contributed by atoms with van der Waals surface area (Å²) in [5.74, 6) is -4.40. The van der Waals surface area contributed by atoms with Crippen LogP contribution >= 0.6 is 0 Å². The molecule has 1 amide bonds. The predicted octanol–water partition coefficient (Wildman–Crippen LogP) is 5.87. The van der Waals surface area contributed by atoms with Gasteiger partial charge in [-0.3, -0.25) is 4.79 Å². The van der Waals surface area contributed by atoms with Crippen LogP contribution in [0.4, 0.5) is 13.2 Å². The van der Waals surface area contributed by atoms with E-state index in [0.717, 1.165) is 18.5 Å². The number of hydrogen-bond donors (Lipinski definition) is 0.